The van der Waals surface area contributed by atoms with E-state index in [0.29, 0.717) is 18.8 Å². The average Bonchev–Trinajstić information content (AvgIpc) is 2.66. The van der Waals surface area contributed by atoms with Gasteiger partial charge in [0.05, 0.1) is 6.61 Å². The fourth-order valence-corrected chi connectivity index (χ4v) is 2.03. The van der Waals surface area contributed by atoms with Gasteiger partial charge in [-0.05, 0) is 31.0 Å². The molecule has 0 saturated carbocycles. The number of aromatic nitrogens is 1. The number of H-pyrrole nitrogens is 1. The second-order valence-corrected chi connectivity index (χ2v) is 4.42. The molecule has 96 valence electrons. The number of aromatic amines is 1. The number of fused-ring (bicyclic) bond motifs is 1. The molecule has 0 fully saturated rings. The Kier molecular flexibility index (Phi) is 3.67. The Hall–Kier alpha value is -1.81. The number of rotatable bonds is 4. The van der Waals surface area contributed by atoms with Crippen molar-refractivity contribution < 1.29 is 9.53 Å². The summed E-state index contributed by atoms with van der Waals surface area (Å²) in [5, 5.41) is 3.92. The number of nitrogens with one attached hydrogen (secondary N) is 2. The van der Waals surface area contributed by atoms with Crippen LogP contribution in [0.3, 0.4) is 0 Å². The second-order valence-electron chi connectivity index (χ2n) is 4.42. The maximum absolute atomic E-state index is 12.0. The van der Waals surface area contributed by atoms with E-state index >= 15 is 0 Å². The summed E-state index contributed by atoms with van der Waals surface area (Å²) in [6, 6.07) is 6.15. The average molecular weight is 246 g/mol. The molecule has 1 amide bonds. The van der Waals surface area contributed by atoms with Gasteiger partial charge in [0.15, 0.2) is 0 Å². The van der Waals surface area contributed by atoms with Crippen LogP contribution >= 0.6 is 0 Å². The van der Waals surface area contributed by atoms with Gasteiger partial charge in [0.2, 0.25) is 0 Å². The molecule has 1 heterocycles. The molecule has 0 bridgehead atoms. The predicted molar refractivity (Wildman–Crippen MR) is 72.0 cm³/mol. The van der Waals surface area contributed by atoms with E-state index in [4.69, 9.17) is 4.74 Å². The Morgan fingerprint density at radius 1 is 1.39 bits per heavy atom. The van der Waals surface area contributed by atoms with Crippen molar-refractivity contribution in [3.8, 4) is 0 Å². The smallest absolute Gasteiger partial charge is 0.268 e. The molecular formula is C14H18N2O2. The van der Waals surface area contributed by atoms with Gasteiger partial charge in [-0.15, -0.1) is 0 Å². The molecule has 0 unspecified atom stereocenters. The Labute approximate surface area is 106 Å². The third-order valence-corrected chi connectivity index (χ3v) is 3.03. The number of amides is 1. The van der Waals surface area contributed by atoms with Crippen LogP contribution in [0.25, 0.3) is 10.9 Å². The van der Waals surface area contributed by atoms with Crippen LogP contribution in [0.1, 0.15) is 21.6 Å². The molecule has 4 heteroatoms. The molecule has 0 aliphatic carbocycles. The van der Waals surface area contributed by atoms with Crippen LogP contribution in [-0.2, 0) is 4.74 Å². The highest BCUT2D eigenvalue weighted by molar-refractivity contribution is 6.00. The van der Waals surface area contributed by atoms with Crippen LogP contribution < -0.4 is 5.32 Å². The topological polar surface area (TPSA) is 54.1 Å². The van der Waals surface area contributed by atoms with Crippen molar-refractivity contribution in [1.29, 1.82) is 0 Å². The van der Waals surface area contributed by atoms with Crippen LogP contribution in [-0.4, -0.2) is 31.2 Å². The maximum atomic E-state index is 12.0. The summed E-state index contributed by atoms with van der Waals surface area (Å²) in [6.45, 7) is 5.03. The summed E-state index contributed by atoms with van der Waals surface area (Å²) in [5.41, 5.74) is 3.80. The van der Waals surface area contributed by atoms with Crippen LogP contribution in [0.2, 0.25) is 0 Å². The fourth-order valence-electron chi connectivity index (χ4n) is 2.03. The van der Waals surface area contributed by atoms with E-state index in [0.717, 1.165) is 16.5 Å². The van der Waals surface area contributed by atoms with E-state index < -0.39 is 0 Å². The Morgan fingerprint density at radius 3 is 2.89 bits per heavy atom. The van der Waals surface area contributed by atoms with Crippen molar-refractivity contribution in [2.75, 3.05) is 20.3 Å². The van der Waals surface area contributed by atoms with E-state index in [1.807, 2.05) is 26.0 Å². The highest BCUT2D eigenvalue weighted by Gasteiger charge is 2.13. The van der Waals surface area contributed by atoms with Crippen molar-refractivity contribution in [3.63, 3.8) is 0 Å². The first-order chi connectivity index (χ1) is 8.63. The van der Waals surface area contributed by atoms with Crippen molar-refractivity contribution >= 4 is 16.8 Å². The number of aryl methyl sites for hydroxylation is 2. The van der Waals surface area contributed by atoms with Crippen LogP contribution in [0, 0.1) is 13.8 Å². The lowest BCUT2D eigenvalue weighted by atomic mass is 10.1. The van der Waals surface area contributed by atoms with Gasteiger partial charge >= 0.3 is 0 Å². The van der Waals surface area contributed by atoms with Crippen LogP contribution in [0.15, 0.2) is 18.2 Å². The number of ether oxygens (including phenoxy) is 1. The van der Waals surface area contributed by atoms with Gasteiger partial charge in [-0.25, -0.2) is 0 Å². The van der Waals surface area contributed by atoms with Gasteiger partial charge in [0.1, 0.15) is 5.69 Å². The first kappa shape index (κ1) is 12.6. The highest BCUT2D eigenvalue weighted by atomic mass is 16.5. The molecule has 0 aliphatic heterocycles. The largest absolute Gasteiger partial charge is 0.383 e. The highest BCUT2D eigenvalue weighted by Crippen LogP contribution is 2.22. The lowest BCUT2D eigenvalue weighted by Crippen LogP contribution is -2.27. The zero-order valence-corrected chi connectivity index (χ0v) is 11.0. The Balaban J connectivity index is 2.28. The molecule has 2 rings (SSSR count). The lowest BCUT2D eigenvalue weighted by molar-refractivity contribution is 0.0932. The molecular weight excluding hydrogens is 228 g/mol. The molecule has 0 radical (unpaired) electrons. The first-order valence-corrected chi connectivity index (χ1v) is 5.99. The SMILES string of the molecule is COCCNC(=O)c1[nH]c2cc(C)ccc2c1C. The lowest BCUT2D eigenvalue weighted by Gasteiger charge is -2.03. The minimum absolute atomic E-state index is 0.0848. The zero-order chi connectivity index (χ0) is 13.1. The molecule has 2 aromatic rings. The van der Waals surface area contributed by atoms with Gasteiger partial charge in [0, 0.05) is 24.6 Å². The summed E-state index contributed by atoms with van der Waals surface area (Å²) in [4.78, 5) is 15.2. The number of hydrogen-bond acceptors (Lipinski definition) is 2. The molecule has 1 aromatic carbocycles. The maximum Gasteiger partial charge on any atom is 0.268 e. The minimum atomic E-state index is -0.0848. The van der Waals surface area contributed by atoms with Crippen molar-refractivity contribution in [2.45, 2.75) is 13.8 Å². The summed E-state index contributed by atoms with van der Waals surface area (Å²) >= 11 is 0. The number of methoxy groups -OCH3 is 1. The van der Waals surface area contributed by atoms with E-state index in [2.05, 4.69) is 16.4 Å². The second kappa shape index (κ2) is 5.23. The monoisotopic (exact) mass is 246 g/mol. The van der Waals surface area contributed by atoms with E-state index in [1.54, 1.807) is 7.11 Å². The van der Waals surface area contributed by atoms with E-state index in [-0.39, 0.29) is 5.91 Å². The number of hydrogen-bond donors (Lipinski definition) is 2. The quantitative estimate of drug-likeness (QED) is 0.812. The van der Waals surface area contributed by atoms with Gasteiger partial charge < -0.3 is 15.0 Å². The minimum Gasteiger partial charge on any atom is -0.383 e. The normalized spacial score (nSPS) is 10.8. The molecule has 4 nitrogen and oxygen atoms in total. The zero-order valence-electron chi connectivity index (χ0n) is 11.0. The van der Waals surface area contributed by atoms with Crippen molar-refractivity contribution in [2.24, 2.45) is 0 Å². The molecule has 1 aromatic heterocycles. The first-order valence-electron chi connectivity index (χ1n) is 5.99. The van der Waals surface area contributed by atoms with Gasteiger partial charge in [-0.1, -0.05) is 12.1 Å². The molecule has 0 spiro atoms. The molecule has 0 saturated heterocycles. The van der Waals surface area contributed by atoms with Crippen molar-refractivity contribution in [3.05, 3.63) is 35.0 Å². The number of benzene rings is 1. The predicted octanol–water partition coefficient (Wildman–Crippen LogP) is 2.16. The van der Waals surface area contributed by atoms with Crippen LogP contribution in [0.4, 0.5) is 0 Å². The number of carbonyl (C=O) groups excluding carboxylic acids is 1. The van der Waals surface area contributed by atoms with Gasteiger partial charge in [-0.3, -0.25) is 4.79 Å². The van der Waals surface area contributed by atoms with E-state index in [9.17, 15) is 4.79 Å². The Morgan fingerprint density at radius 2 is 2.17 bits per heavy atom. The summed E-state index contributed by atoms with van der Waals surface area (Å²) in [7, 11) is 1.61. The van der Waals surface area contributed by atoms with Gasteiger partial charge in [0.25, 0.3) is 5.91 Å². The summed E-state index contributed by atoms with van der Waals surface area (Å²) in [6.07, 6.45) is 0. The summed E-state index contributed by atoms with van der Waals surface area (Å²) < 4.78 is 4.91. The third kappa shape index (κ3) is 2.38. The van der Waals surface area contributed by atoms with Gasteiger partial charge in [-0.2, -0.15) is 0 Å². The molecule has 18 heavy (non-hydrogen) atoms. The third-order valence-electron chi connectivity index (χ3n) is 3.03. The van der Waals surface area contributed by atoms with Crippen LogP contribution in [0.5, 0.6) is 0 Å². The van der Waals surface area contributed by atoms with Crippen molar-refractivity contribution in [1.82, 2.24) is 10.3 Å². The summed E-state index contributed by atoms with van der Waals surface area (Å²) in [5.74, 6) is -0.0848. The Bertz CT molecular complexity index is 572. The molecule has 0 atom stereocenters. The number of carbonyl (C=O) groups is 1. The standard InChI is InChI=1S/C14H18N2O2/c1-9-4-5-11-10(2)13(16-12(11)8-9)14(17)15-6-7-18-3/h4-5,8,16H,6-7H2,1-3H3,(H,15,17). The molecule has 2 N–H and O–H groups in total. The van der Waals surface area contributed by atoms with E-state index in [1.165, 1.54) is 5.56 Å². The fraction of sp³-hybridized carbons (Fsp3) is 0.357. The molecule has 0 aliphatic rings.